The molecule has 1 aromatic rings. The molecule has 0 spiro atoms. The molecule has 0 saturated carbocycles. The monoisotopic (exact) mass is 232 g/mol. The first-order valence-corrected chi connectivity index (χ1v) is 6.33. The first kappa shape index (κ1) is 12.1. The van der Waals surface area contributed by atoms with E-state index in [1.54, 1.807) is 0 Å². The van der Waals surface area contributed by atoms with Crippen molar-refractivity contribution >= 4 is 5.91 Å². The Labute approximate surface area is 103 Å². The predicted octanol–water partition coefficient (Wildman–Crippen LogP) is 1.70. The summed E-state index contributed by atoms with van der Waals surface area (Å²) < 4.78 is 0. The van der Waals surface area contributed by atoms with Gasteiger partial charge in [0.05, 0.1) is 6.04 Å². The summed E-state index contributed by atoms with van der Waals surface area (Å²) in [5.74, 6) is 0.0985. The van der Waals surface area contributed by atoms with Crippen molar-refractivity contribution in [1.29, 1.82) is 0 Å². The van der Waals surface area contributed by atoms with Gasteiger partial charge < -0.3 is 10.6 Å². The van der Waals surface area contributed by atoms with Crippen LogP contribution < -0.4 is 5.73 Å². The summed E-state index contributed by atoms with van der Waals surface area (Å²) in [4.78, 5) is 14.0. The van der Waals surface area contributed by atoms with E-state index in [0.29, 0.717) is 6.54 Å². The minimum absolute atomic E-state index is 0.0985. The van der Waals surface area contributed by atoms with Gasteiger partial charge in [-0.15, -0.1) is 0 Å². The van der Waals surface area contributed by atoms with E-state index in [1.807, 2.05) is 11.0 Å². The van der Waals surface area contributed by atoms with E-state index in [4.69, 9.17) is 5.73 Å². The highest BCUT2D eigenvalue weighted by Gasteiger charge is 2.23. The number of nitrogens with two attached hydrogens (primary N) is 1. The number of benzene rings is 1. The Bertz CT molecular complexity index is 403. The maximum atomic E-state index is 12.1. The molecule has 3 nitrogen and oxygen atoms in total. The summed E-state index contributed by atoms with van der Waals surface area (Å²) in [5, 5.41) is 0. The van der Waals surface area contributed by atoms with Crippen LogP contribution in [0.3, 0.4) is 0 Å². The third-order valence-electron chi connectivity index (χ3n) is 3.36. The minimum Gasteiger partial charge on any atom is -0.337 e. The average Bonchev–Trinajstić information content (AvgIpc) is 2.37. The Balaban J connectivity index is 2.05. The van der Waals surface area contributed by atoms with Gasteiger partial charge in [-0.1, -0.05) is 37.6 Å². The second-order valence-electron chi connectivity index (χ2n) is 4.67. The van der Waals surface area contributed by atoms with Crippen LogP contribution in [0.2, 0.25) is 0 Å². The lowest BCUT2D eigenvalue weighted by Gasteiger charge is -2.30. The van der Waals surface area contributed by atoms with Crippen molar-refractivity contribution in [2.75, 3.05) is 6.54 Å². The van der Waals surface area contributed by atoms with Crippen LogP contribution in [0.15, 0.2) is 24.3 Å². The van der Waals surface area contributed by atoms with E-state index in [1.165, 1.54) is 11.1 Å². The van der Waals surface area contributed by atoms with E-state index >= 15 is 0 Å². The lowest BCUT2D eigenvalue weighted by molar-refractivity contribution is -0.133. The molecule has 0 bridgehead atoms. The Morgan fingerprint density at radius 1 is 1.41 bits per heavy atom. The second-order valence-corrected chi connectivity index (χ2v) is 4.67. The normalized spacial score (nSPS) is 16.5. The van der Waals surface area contributed by atoms with Crippen LogP contribution in [-0.4, -0.2) is 23.4 Å². The SMILES string of the molecule is CCC[C@H](N)C(=O)N1CCc2ccccc2C1. The quantitative estimate of drug-likeness (QED) is 0.862. The van der Waals surface area contributed by atoms with Crippen molar-refractivity contribution in [3.8, 4) is 0 Å². The first-order valence-electron chi connectivity index (χ1n) is 6.33. The molecule has 1 heterocycles. The molecule has 92 valence electrons. The van der Waals surface area contributed by atoms with E-state index in [9.17, 15) is 4.79 Å². The summed E-state index contributed by atoms with van der Waals surface area (Å²) >= 11 is 0. The van der Waals surface area contributed by atoms with Gasteiger partial charge in [0.1, 0.15) is 0 Å². The van der Waals surface area contributed by atoms with Gasteiger partial charge >= 0.3 is 0 Å². The molecule has 1 amide bonds. The number of amides is 1. The molecule has 1 atom stereocenters. The molecule has 1 aliphatic rings. The number of carbonyl (C=O) groups excluding carboxylic acids is 1. The number of carbonyl (C=O) groups is 1. The molecule has 0 saturated heterocycles. The summed E-state index contributed by atoms with van der Waals surface area (Å²) in [5.41, 5.74) is 8.51. The van der Waals surface area contributed by atoms with Gasteiger partial charge in [-0.2, -0.15) is 0 Å². The van der Waals surface area contributed by atoms with Crippen molar-refractivity contribution in [3.63, 3.8) is 0 Å². The molecule has 2 rings (SSSR count). The van der Waals surface area contributed by atoms with Gasteiger partial charge in [-0.3, -0.25) is 4.79 Å². The topological polar surface area (TPSA) is 46.3 Å². The number of fused-ring (bicyclic) bond motifs is 1. The fraction of sp³-hybridized carbons (Fsp3) is 0.500. The summed E-state index contributed by atoms with van der Waals surface area (Å²) in [7, 11) is 0. The lowest BCUT2D eigenvalue weighted by Crippen LogP contribution is -2.45. The maximum Gasteiger partial charge on any atom is 0.239 e. The number of rotatable bonds is 3. The largest absolute Gasteiger partial charge is 0.337 e. The summed E-state index contributed by atoms with van der Waals surface area (Å²) in [6.07, 6.45) is 2.68. The standard InChI is InChI=1S/C14H20N2O/c1-2-5-13(15)14(17)16-9-8-11-6-3-4-7-12(11)10-16/h3-4,6-7,13H,2,5,8-10,15H2,1H3/t13-/m0/s1. The van der Waals surface area contributed by atoms with Crippen LogP contribution >= 0.6 is 0 Å². The molecule has 0 unspecified atom stereocenters. The van der Waals surface area contributed by atoms with E-state index in [2.05, 4.69) is 25.1 Å². The Hall–Kier alpha value is -1.35. The molecule has 3 heteroatoms. The van der Waals surface area contributed by atoms with Crippen molar-refractivity contribution in [2.24, 2.45) is 5.73 Å². The van der Waals surface area contributed by atoms with Crippen molar-refractivity contribution in [1.82, 2.24) is 4.90 Å². The number of nitrogens with zero attached hydrogens (tertiary/aromatic N) is 1. The van der Waals surface area contributed by atoms with Gasteiger partial charge in [0, 0.05) is 13.1 Å². The number of hydrogen-bond acceptors (Lipinski definition) is 2. The molecule has 0 radical (unpaired) electrons. The lowest BCUT2D eigenvalue weighted by atomic mass is 9.99. The highest BCUT2D eigenvalue weighted by Crippen LogP contribution is 2.19. The van der Waals surface area contributed by atoms with E-state index in [0.717, 1.165) is 25.8 Å². The van der Waals surface area contributed by atoms with Gasteiger partial charge in [0.25, 0.3) is 0 Å². The van der Waals surface area contributed by atoms with Crippen LogP contribution in [-0.2, 0) is 17.8 Å². The molecule has 2 N–H and O–H groups in total. The smallest absolute Gasteiger partial charge is 0.239 e. The summed E-state index contributed by atoms with van der Waals surface area (Å²) in [6.45, 7) is 3.57. The van der Waals surface area contributed by atoms with Crippen LogP contribution in [0.5, 0.6) is 0 Å². The van der Waals surface area contributed by atoms with Crippen molar-refractivity contribution < 1.29 is 4.79 Å². The molecule has 0 fully saturated rings. The van der Waals surface area contributed by atoms with Crippen LogP contribution in [0.4, 0.5) is 0 Å². The molecule has 17 heavy (non-hydrogen) atoms. The Morgan fingerprint density at radius 2 is 2.12 bits per heavy atom. The zero-order chi connectivity index (χ0) is 12.3. The minimum atomic E-state index is -0.328. The van der Waals surface area contributed by atoms with Crippen LogP contribution in [0.25, 0.3) is 0 Å². The highest BCUT2D eigenvalue weighted by atomic mass is 16.2. The fourth-order valence-corrected chi connectivity index (χ4v) is 2.35. The Kier molecular flexibility index (Phi) is 3.79. The third-order valence-corrected chi connectivity index (χ3v) is 3.36. The number of hydrogen-bond donors (Lipinski definition) is 1. The highest BCUT2D eigenvalue weighted by molar-refractivity contribution is 5.81. The van der Waals surface area contributed by atoms with Gasteiger partial charge in [-0.05, 0) is 24.0 Å². The van der Waals surface area contributed by atoms with Gasteiger partial charge in [0.15, 0.2) is 0 Å². The van der Waals surface area contributed by atoms with Crippen LogP contribution in [0, 0.1) is 0 Å². The maximum absolute atomic E-state index is 12.1. The molecular weight excluding hydrogens is 212 g/mol. The van der Waals surface area contributed by atoms with Gasteiger partial charge in [-0.25, -0.2) is 0 Å². The van der Waals surface area contributed by atoms with E-state index < -0.39 is 0 Å². The zero-order valence-electron chi connectivity index (χ0n) is 10.4. The molecule has 1 aromatic carbocycles. The molecule has 0 aliphatic carbocycles. The average molecular weight is 232 g/mol. The Morgan fingerprint density at radius 3 is 2.82 bits per heavy atom. The third kappa shape index (κ3) is 2.67. The first-order chi connectivity index (χ1) is 8.22. The zero-order valence-corrected chi connectivity index (χ0v) is 10.4. The second kappa shape index (κ2) is 5.32. The van der Waals surface area contributed by atoms with Crippen LogP contribution in [0.1, 0.15) is 30.9 Å². The van der Waals surface area contributed by atoms with Gasteiger partial charge in [0.2, 0.25) is 5.91 Å². The van der Waals surface area contributed by atoms with Crippen molar-refractivity contribution in [3.05, 3.63) is 35.4 Å². The predicted molar refractivity (Wildman–Crippen MR) is 68.4 cm³/mol. The summed E-state index contributed by atoms with van der Waals surface area (Å²) in [6, 6.07) is 7.99. The molecule has 1 aliphatic heterocycles. The fourth-order valence-electron chi connectivity index (χ4n) is 2.35. The molecule has 0 aromatic heterocycles. The van der Waals surface area contributed by atoms with E-state index in [-0.39, 0.29) is 11.9 Å². The van der Waals surface area contributed by atoms with Crippen molar-refractivity contribution in [2.45, 2.75) is 38.8 Å². The molecular formula is C14H20N2O.